The molecule has 0 radical (unpaired) electrons. The number of ketones is 1. The van der Waals surface area contributed by atoms with Crippen LogP contribution in [0.3, 0.4) is 0 Å². The zero-order valence-electron chi connectivity index (χ0n) is 13.8. The van der Waals surface area contributed by atoms with Gasteiger partial charge in [0.1, 0.15) is 0 Å². The van der Waals surface area contributed by atoms with Gasteiger partial charge in [-0.1, -0.05) is 37.1 Å². The quantitative estimate of drug-likeness (QED) is 0.826. The van der Waals surface area contributed by atoms with Gasteiger partial charge >= 0.3 is 0 Å². The first kappa shape index (κ1) is 16.1. The number of aliphatic hydroxyl groups is 2. The summed E-state index contributed by atoms with van der Waals surface area (Å²) in [6, 6.07) is 6.27. The van der Waals surface area contributed by atoms with Crippen molar-refractivity contribution in [3.8, 4) is 0 Å². The van der Waals surface area contributed by atoms with Gasteiger partial charge in [-0.15, -0.1) is 10.1 Å². The number of carbonyl (C=O) groups is 1. The number of hydrogen-bond acceptors (Lipinski definition) is 7. The summed E-state index contributed by atoms with van der Waals surface area (Å²) in [5, 5.41) is 25.7. The van der Waals surface area contributed by atoms with E-state index < -0.39 is 17.2 Å². The van der Waals surface area contributed by atoms with Crippen molar-refractivity contribution in [3.05, 3.63) is 35.4 Å². The maximum Gasteiger partial charge on any atom is 0.255 e. The summed E-state index contributed by atoms with van der Waals surface area (Å²) in [6.07, 6.45) is 3.49. The second kappa shape index (κ2) is 5.32. The van der Waals surface area contributed by atoms with E-state index in [1.807, 2.05) is 0 Å². The first-order valence-electron chi connectivity index (χ1n) is 8.27. The number of Topliss-reactive ketones (excluding diaryl/α,β-unsaturated/α-hetero) is 1. The largest absolute Gasteiger partial charge is 0.366 e. The smallest absolute Gasteiger partial charge is 0.255 e. The van der Waals surface area contributed by atoms with Crippen molar-refractivity contribution in [2.45, 2.75) is 49.2 Å². The highest BCUT2D eigenvalue weighted by Gasteiger charge is 2.75. The van der Waals surface area contributed by atoms with Crippen molar-refractivity contribution >= 4 is 5.78 Å². The highest BCUT2D eigenvalue weighted by molar-refractivity contribution is 6.08. The van der Waals surface area contributed by atoms with E-state index >= 15 is 0 Å². The summed E-state index contributed by atoms with van der Waals surface area (Å²) in [7, 11) is 2.88. The molecule has 0 amide bonds. The third kappa shape index (κ3) is 1.64. The lowest BCUT2D eigenvalue weighted by molar-refractivity contribution is -0.455. The molecule has 7 heteroatoms. The van der Waals surface area contributed by atoms with Crippen LogP contribution in [-0.4, -0.2) is 58.2 Å². The van der Waals surface area contributed by atoms with Gasteiger partial charge in [-0.2, -0.15) is 0 Å². The molecule has 3 aliphatic rings. The lowest BCUT2D eigenvalue weighted by Gasteiger charge is -2.59. The maximum atomic E-state index is 13.0. The Bertz CT molecular complexity index is 683. The number of nitrogens with zero attached hydrogens (tertiary/aromatic N) is 2. The molecular weight excluding hydrogens is 312 g/mol. The molecule has 4 atom stereocenters. The van der Waals surface area contributed by atoms with Crippen molar-refractivity contribution in [1.29, 1.82) is 0 Å². The Morgan fingerprint density at radius 1 is 1.00 bits per heavy atom. The monoisotopic (exact) mass is 334 g/mol. The molecule has 7 nitrogen and oxygen atoms in total. The minimum Gasteiger partial charge on any atom is -0.366 e. The van der Waals surface area contributed by atoms with Gasteiger partial charge in [0.25, 0.3) is 5.72 Å². The van der Waals surface area contributed by atoms with Crippen LogP contribution in [0.1, 0.15) is 41.6 Å². The summed E-state index contributed by atoms with van der Waals surface area (Å²) in [4.78, 5) is 24.0. The average molecular weight is 334 g/mol. The number of benzene rings is 1. The molecule has 1 aromatic carbocycles. The zero-order chi connectivity index (χ0) is 17.1. The zero-order valence-corrected chi connectivity index (χ0v) is 13.8. The number of hydrogen-bond donors (Lipinski definition) is 2. The summed E-state index contributed by atoms with van der Waals surface area (Å²) in [5.74, 6) is -0.575. The Morgan fingerprint density at radius 3 is 2.12 bits per heavy atom. The van der Waals surface area contributed by atoms with Gasteiger partial charge < -0.3 is 10.2 Å². The molecule has 2 aliphatic carbocycles. The van der Waals surface area contributed by atoms with Crippen molar-refractivity contribution in [2.24, 2.45) is 0 Å². The summed E-state index contributed by atoms with van der Waals surface area (Å²) in [6.45, 7) is 0. The predicted molar refractivity (Wildman–Crippen MR) is 83.4 cm³/mol. The van der Waals surface area contributed by atoms with Gasteiger partial charge in [0, 0.05) is 11.1 Å². The van der Waals surface area contributed by atoms with E-state index in [1.54, 1.807) is 24.3 Å². The molecule has 1 saturated carbocycles. The topological polar surface area (TPSA) is 82.5 Å². The molecule has 0 spiro atoms. The highest BCUT2D eigenvalue weighted by Crippen LogP contribution is 2.54. The van der Waals surface area contributed by atoms with Crippen molar-refractivity contribution in [1.82, 2.24) is 10.1 Å². The Balaban J connectivity index is 1.97. The summed E-state index contributed by atoms with van der Waals surface area (Å²) < 4.78 is 0. The van der Waals surface area contributed by atoms with Gasteiger partial charge in [-0.25, -0.2) is 0 Å². The minimum atomic E-state index is -2.25. The molecule has 2 N–H and O–H groups in total. The van der Waals surface area contributed by atoms with Crippen LogP contribution < -0.4 is 0 Å². The van der Waals surface area contributed by atoms with Crippen LogP contribution in [0.5, 0.6) is 0 Å². The van der Waals surface area contributed by atoms with Crippen LogP contribution in [0.4, 0.5) is 0 Å². The lowest BCUT2D eigenvalue weighted by Crippen LogP contribution is -2.79. The molecule has 1 aliphatic heterocycles. The molecule has 0 aromatic heterocycles. The Hall–Kier alpha value is -1.35. The van der Waals surface area contributed by atoms with Crippen LogP contribution in [-0.2, 0) is 15.4 Å². The van der Waals surface area contributed by atoms with Crippen LogP contribution in [0.2, 0.25) is 0 Å². The Kier molecular flexibility index (Phi) is 3.58. The van der Waals surface area contributed by atoms with Crippen molar-refractivity contribution in [3.63, 3.8) is 0 Å². The Morgan fingerprint density at radius 2 is 1.54 bits per heavy atom. The molecule has 1 saturated heterocycles. The van der Waals surface area contributed by atoms with Gasteiger partial charge in [-0.3, -0.25) is 14.5 Å². The number of hydroxylamine groups is 4. The van der Waals surface area contributed by atoms with Crippen LogP contribution in [0.25, 0.3) is 0 Å². The fourth-order valence-electron chi connectivity index (χ4n) is 4.70. The summed E-state index contributed by atoms with van der Waals surface area (Å²) in [5.41, 5.74) is -3.65. The second-order valence-electron chi connectivity index (χ2n) is 6.66. The van der Waals surface area contributed by atoms with E-state index in [9.17, 15) is 15.0 Å². The average Bonchev–Trinajstić information content (AvgIpc) is 2.79. The molecule has 2 fully saturated rings. The molecule has 0 bridgehead atoms. The van der Waals surface area contributed by atoms with Gasteiger partial charge in [-0.05, 0) is 12.8 Å². The van der Waals surface area contributed by atoms with Gasteiger partial charge in [0.2, 0.25) is 11.5 Å². The van der Waals surface area contributed by atoms with E-state index in [4.69, 9.17) is 9.68 Å². The van der Waals surface area contributed by atoms with Crippen LogP contribution in [0.15, 0.2) is 24.3 Å². The van der Waals surface area contributed by atoms with Crippen LogP contribution >= 0.6 is 0 Å². The lowest BCUT2D eigenvalue weighted by atomic mass is 9.81. The van der Waals surface area contributed by atoms with Gasteiger partial charge in [0.15, 0.2) is 0 Å². The van der Waals surface area contributed by atoms with E-state index in [0.29, 0.717) is 5.56 Å². The first-order valence-corrected chi connectivity index (χ1v) is 8.27. The Labute approximate surface area is 140 Å². The predicted octanol–water partition coefficient (Wildman–Crippen LogP) is 0.768. The van der Waals surface area contributed by atoms with Crippen LogP contribution in [0, 0.1) is 0 Å². The van der Waals surface area contributed by atoms with Crippen molar-refractivity contribution < 1.29 is 24.7 Å². The van der Waals surface area contributed by atoms with E-state index in [2.05, 4.69) is 0 Å². The first-order chi connectivity index (χ1) is 11.5. The van der Waals surface area contributed by atoms with E-state index in [-0.39, 0.29) is 17.6 Å². The SMILES string of the molecule is CON1[C@@H]2CCCC[C@H]2N(OC)[C@@]2(O)c3ccccc3C(=O)[C@]12O. The van der Waals surface area contributed by atoms with Gasteiger partial charge in [0.05, 0.1) is 26.3 Å². The maximum absolute atomic E-state index is 13.0. The third-order valence-electron chi connectivity index (χ3n) is 5.68. The molecular formula is C17H22N2O5. The second-order valence-corrected chi connectivity index (χ2v) is 6.66. The molecule has 1 aromatic rings. The van der Waals surface area contributed by atoms with E-state index in [1.165, 1.54) is 24.3 Å². The molecule has 1 heterocycles. The van der Waals surface area contributed by atoms with E-state index in [0.717, 1.165) is 25.7 Å². The number of piperazine rings is 1. The molecule has 4 rings (SSSR count). The molecule has 24 heavy (non-hydrogen) atoms. The standard InChI is InChI=1S/C17H22N2O5/c1-23-18-13-9-5-6-10-14(13)19(24-2)17(22)15(20)11-7-3-4-8-12(11)16(17,18)21/h3-4,7-8,13-14,21-22H,5-6,9-10H2,1-2H3/t13-,14-,16-,17-/m1/s1. The summed E-state index contributed by atoms with van der Waals surface area (Å²) >= 11 is 0. The normalized spacial score (nSPS) is 39.4. The number of carbonyl (C=O) groups excluding carboxylic acids is 1. The number of fused-ring (bicyclic) bond motifs is 4. The number of rotatable bonds is 2. The molecule has 130 valence electrons. The highest BCUT2D eigenvalue weighted by atomic mass is 16.7. The fraction of sp³-hybridized carbons (Fsp3) is 0.588. The third-order valence-corrected chi connectivity index (χ3v) is 5.68. The minimum absolute atomic E-state index is 0.187. The molecule has 0 unspecified atom stereocenters. The van der Waals surface area contributed by atoms with Crippen molar-refractivity contribution in [2.75, 3.05) is 14.2 Å². The fourth-order valence-corrected chi connectivity index (χ4v) is 4.70.